The quantitative estimate of drug-likeness (QED) is 0.761. The number of nitrogens with zero attached hydrogens (tertiary/aromatic N) is 1. The second-order valence-corrected chi connectivity index (χ2v) is 7.93. The molecule has 1 fully saturated rings. The minimum atomic E-state index is -0.254. The van der Waals surface area contributed by atoms with Crippen molar-refractivity contribution in [2.75, 3.05) is 24.5 Å². The van der Waals surface area contributed by atoms with Gasteiger partial charge in [0.15, 0.2) is 0 Å². The highest BCUT2D eigenvalue weighted by Gasteiger charge is 2.24. The average Bonchev–Trinajstić information content (AvgIpc) is 3.11. The standard InChI is InChI=1S/C22H26ClFN2O/c1-15-3-6-19(23)12-21(15)26-10-9-17(14-26)13-25-22(27)11-16(2)18-4-7-20(24)8-5-18/h3-8,12,16-17H,9-11,13-14H2,1-2H3,(H,25,27). The SMILES string of the molecule is Cc1ccc(Cl)cc1N1CCC(CNC(=O)CC(C)c2ccc(F)cc2)C1. The van der Waals surface area contributed by atoms with E-state index in [1.807, 2.05) is 25.1 Å². The van der Waals surface area contributed by atoms with Gasteiger partial charge < -0.3 is 10.2 Å². The molecule has 0 bridgehead atoms. The molecule has 3 rings (SSSR count). The number of carbonyl (C=O) groups excluding carboxylic acids is 1. The lowest BCUT2D eigenvalue weighted by Gasteiger charge is -2.21. The van der Waals surface area contributed by atoms with E-state index in [9.17, 15) is 9.18 Å². The minimum absolute atomic E-state index is 0.0456. The van der Waals surface area contributed by atoms with Gasteiger partial charge in [0.2, 0.25) is 5.91 Å². The Hall–Kier alpha value is -2.07. The molecule has 27 heavy (non-hydrogen) atoms. The van der Waals surface area contributed by atoms with E-state index in [1.54, 1.807) is 12.1 Å². The molecule has 0 aliphatic carbocycles. The van der Waals surface area contributed by atoms with Crippen molar-refractivity contribution in [2.24, 2.45) is 5.92 Å². The highest BCUT2D eigenvalue weighted by atomic mass is 35.5. The highest BCUT2D eigenvalue weighted by Crippen LogP contribution is 2.29. The van der Waals surface area contributed by atoms with Crippen LogP contribution in [0.2, 0.25) is 5.02 Å². The zero-order valence-electron chi connectivity index (χ0n) is 15.8. The maximum Gasteiger partial charge on any atom is 0.220 e. The van der Waals surface area contributed by atoms with Crippen molar-refractivity contribution < 1.29 is 9.18 Å². The van der Waals surface area contributed by atoms with E-state index in [4.69, 9.17) is 11.6 Å². The topological polar surface area (TPSA) is 32.3 Å². The number of hydrogen-bond acceptors (Lipinski definition) is 2. The zero-order valence-corrected chi connectivity index (χ0v) is 16.6. The fourth-order valence-electron chi connectivity index (χ4n) is 3.66. The van der Waals surface area contributed by atoms with E-state index in [-0.39, 0.29) is 17.6 Å². The molecule has 2 atom stereocenters. The van der Waals surface area contributed by atoms with Crippen molar-refractivity contribution >= 4 is 23.2 Å². The number of amides is 1. The average molecular weight is 389 g/mol. The number of aryl methyl sites for hydroxylation is 1. The lowest BCUT2D eigenvalue weighted by molar-refractivity contribution is -0.121. The second kappa shape index (κ2) is 8.75. The van der Waals surface area contributed by atoms with Gasteiger partial charge in [-0.1, -0.05) is 36.7 Å². The molecule has 1 aliphatic heterocycles. The van der Waals surface area contributed by atoms with Crippen LogP contribution in [-0.2, 0) is 4.79 Å². The van der Waals surface area contributed by atoms with Gasteiger partial charge >= 0.3 is 0 Å². The lowest BCUT2D eigenvalue weighted by Crippen LogP contribution is -2.31. The summed E-state index contributed by atoms with van der Waals surface area (Å²) in [6, 6.07) is 12.3. The number of benzene rings is 2. The molecule has 3 nitrogen and oxygen atoms in total. The molecule has 0 radical (unpaired) electrons. The predicted octanol–water partition coefficient (Wildman–Crippen LogP) is 4.92. The van der Waals surface area contributed by atoms with Crippen molar-refractivity contribution in [3.8, 4) is 0 Å². The summed E-state index contributed by atoms with van der Waals surface area (Å²) in [5.41, 5.74) is 3.38. The molecule has 1 heterocycles. The molecule has 0 spiro atoms. The molecule has 1 amide bonds. The first-order chi connectivity index (χ1) is 12.9. The van der Waals surface area contributed by atoms with Crippen molar-refractivity contribution in [1.29, 1.82) is 0 Å². The van der Waals surface area contributed by atoms with Crippen LogP contribution >= 0.6 is 11.6 Å². The summed E-state index contributed by atoms with van der Waals surface area (Å²) >= 11 is 6.14. The van der Waals surface area contributed by atoms with Crippen LogP contribution in [0.5, 0.6) is 0 Å². The first-order valence-corrected chi connectivity index (χ1v) is 9.83. The summed E-state index contributed by atoms with van der Waals surface area (Å²) < 4.78 is 13.0. The van der Waals surface area contributed by atoms with Gasteiger partial charge in [0, 0.05) is 36.8 Å². The van der Waals surface area contributed by atoms with E-state index in [1.165, 1.54) is 23.4 Å². The maximum atomic E-state index is 13.0. The normalized spacial score (nSPS) is 17.8. The summed E-state index contributed by atoms with van der Waals surface area (Å²) in [7, 11) is 0. The minimum Gasteiger partial charge on any atom is -0.371 e. The summed E-state index contributed by atoms with van der Waals surface area (Å²) in [5, 5.41) is 3.82. The van der Waals surface area contributed by atoms with Crippen molar-refractivity contribution in [2.45, 2.75) is 32.6 Å². The lowest BCUT2D eigenvalue weighted by atomic mass is 9.97. The van der Waals surface area contributed by atoms with Gasteiger partial charge in [-0.3, -0.25) is 4.79 Å². The second-order valence-electron chi connectivity index (χ2n) is 7.49. The third-order valence-electron chi connectivity index (χ3n) is 5.32. The Morgan fingerprint density at radius 1 is 1.30 bits per heavy atom. The zero-order chi connectivity index (χ0) is 19.4. The van der Waals surface area contributed by atoms with E-state index < -0.39 is 0 Å². The summed E-state index contributed by atoms with van der Waals surface area (Å²) in [6.07, 6.45) is 1.47. The molecule has 144 valence electrons. The monoisotopic (exact) mass is 388 g/mol. The molecule has 5 heteroatoms. The largest absolute Gasteiger partial charge is 0.371 e. The Kier molecular flexibility index (Phi) is 6.38. The smallest absolute Gasteiger partial charge is 0.220 e. The van der Waals surface area contributed by atoms with Crippen LogP contribution in [0.1, 0.15) is 36.8 Å². The van der Waals surface area contributed by atoms with Gasteiger partial charge in [0.25, 0.3) is 0 Å². The fraction of sp³-hybridized carbons (Fsp3) is 0.409. The van der Waals surface area contributed by atoms with Crippen LogP contribution in [0.3, 0.4) is 0 Å². The Balaban J connectivity index is 1.47. The van der Waals surface area contributed by atoms with E-state index in [2.05, 4.69) is 17.1 Å². The molecule has 2 aromatic carbocycles. The van der Waals surface area contributed by atoms with Crippen LogP contribution in [-0.4, -0.2) is 25.5 Å². The molecule has 1 saturated heterocycles. The number of halogens is 2. The Morgan fingerprint density at radius 3 is 2.78 bits per heavy atom. The number of nitrogens with one attached hydrogen (secondary N) is 1. The molecule has 0 aromatic heterocycles. The fourth-order valence-corrected chi connectivity index (χ4v) is 3.83. The summed E-state index contributed by atoms with van der Waals surface area (Å²) in [6.45, 7) is 6.68. The first-order valence-electron chi connectivity index (χ1n) is 9.45. The Bertz CT molecular complexity index is 793. The van der Waals surface area contributed by atoms with E-state index >= 15 is 0 Å². The number of carbonyl (C=O) groups is 1. The first kappa shape index (κ1) is 19.7. The number of rotatable bonds is 6. The van der Waals surface area contributed by atoms with Crippen LogP contribution in [0, 0.1) is 18.7 Å². The molecule has 1 N–H and O–H groups in total. The Morgan fingerprint density at radius 2 is 2.04 bits per heavy atom. The molecule has 2 aromatic rings. The van der Waals surface area contributed by atoms with Crippen molar-refractivity contribution in [1.82, 2.24) is 5.32 Å². The molecule has 2 unspecified atom stereocenters. The molecule has 0 saturated carbocycles. The predicted molar refractivity (Wildman–Crippen MR) is 109 cm³/mol. The van der Waals surface area contributed by atoms with Gasteiger partial charge in [0.1, 0.15) is 5.82 Å². The molecular weight excluding hydrogens is 363 g/mol. The van der Waals surface area contributed by atoms with E-state index in [0.29, 0.717) is 18.9 Å². The summed E-state index contributed by atoms with van der Waals surface area (Å²) in [5.74, 6) is 0.300. The van der Waals surface area contributed by atoms with Gasteiger partial charge in [-0.05, 0) is 60.6 Å². The summed E-state index contributed by atoms with van der Waals surface area (Å²) in [4.78, 5) is 14.6. The van der Waals surface area contributed by atoms with Crippen LogP contribution in [0.25, 0.3) is 0 Å². The number of anilines is 1. The van der Waals surface area contributed by atoms with Crippen LogP contribution in [0.15, 0.2) is 42.5 Å². The highest BCUT2D eigenvalue weighted by molar-refractivity contribution is 6.30. The van der Waals surface area contributed by atoms with Crippen LogP contribution in [0.4, 0.5) is 10.1 Å². The van der Waals surface area contributed by atoms with E-state index in [0.717, 1.165) is 30.1 Å². The Labute approximate surface area is 165 Å². The molecular formula is C22H26ClFN2O. The van der Waals surface area contributed by atoms with Gasteiger partial charge in [0.05, 0.1) is 0 Å². The number of hydrogen-bond donors (Lipinski definition) is 1. The van der Waals surface area contributed by atoms with Crippen LogP contribution < -0.4 is 10.2 Å². The van der Waals surface area contributed by atoms with Crippen molar-refractivity contribution in [3.05, 3.63) is 64.4 Å². The third kappa shape index (κ3) is 5.23. The van der Waals surface area contributed by atoms with Gasteiger partial charge in [-0.15, -0.1) is 0 Å². The third-order valence-corrected chi connectivity index (χ3v) is 5.55. The molecule has 1 aliphatic rings. The maximum absolute atomic E-state index is 13.0. The van der Waals surface area contributed by atoms with Crippen molar-refractivity contribution in [3.63, 3.8) is 0 Å². The van der Waals surface area contributed by atoms with Gasteiger partial charge in [-0.25, -0.2) is 4.39 Å². The van der Waals surface area contributed by atoms with Gasteiger partial charge in [-0.2, -0.15) is 0 Å².